The van der Waals surface area contributed by atoms with Crippen molar-refractivity contribution in [3.63, 3.8) is 0 Å². The van der Waals surface area contributed by atoms with E-state index >= 15 is 0 Å². The number of rotatable bonds is 3. The van der Waals surface area contributed by atoms with Crippen molar-refractivity contribution in [2.75, 3.05) is 19.7 Å². The lowest BCUT2D eigenvalue weighted by atomic mass is 10.1. The van der Waals surface area contributed by atoms with Crippen LogP contribution in [0, 0.1) is 5.82 Å². The summed E-state index contributed by atoms with van der Waals surface area (Å²) < 4.78 is 17.7. The van der Waals surface area contributed by atoms with E-state index in [1.54, 1.807) is 17.0 Å². The lowest BCUT2D eigenvalue weighted by molar-refractivity contribution is 0.158. The SMILES string of the molecule is NCCN1C(=O)OCC1c1ccc(F)cc1. The van der Waals surface area contributed by atoms with Crippen LogP contribution in [0.3, 0.4) is 0 Å². The summed E-state index contributed by atoms with van der Waals surface area (Å²) in [6, 6.07) is 5.91. The Bertz CT molecular complexity index is 380. The monoisotopic (exact) mass is 224 g/mol. The third kappa shape index (κ3) is 1.99. The molecule has 1 aliphatic rings. The summed E-state index contributed by atoms with van der Waals surface area (Å²) in [5.41, 5.74) is 6.29. The first kappa shape index (κ1) is 10.9. The van der Waals surface area contributed by atoms with Gasteiger partial charge in [0.05, 0.1) is 6.04 Å². The molecule has 0 aliphatic carbocycles. The standard InChI is InChI=1S/C11H13FN2O2/c12-9-3-1-8(2-4-9)10-7-16-11(15)14(10)6-5-13/h1-4,10H,5-7,13H2. The van der Waals surface area contributed by atoms with Crippen molar-refractivity contribution >= 4 is 6.09 Å². The van der Waals surface area contributed by atoms with Crippen LogP contribution in [-0.4, -0.2) is 30.7 Å². The topological polar surface area (TPSA) is 55.6 Å². The van der Waals surface area contributed by atoms with E-state index in [1.807, 2.05) is 0 Å². The fraction of sp³-hybridized carbons (Fsp3) is 0.364. The van der Waals surface area contributed by atoms with Gasteiger partial charge in [-0.2, -0.15) is 0 Å². The zero-order valence-electron chi connectivity index (χ0n) is 8.73. The van der Waals surface area contributed by atoms with Gasteiger partial charge in [0, 0.05) is 13.1 Å². The molecule has 0 saturated carbocycles. The number of hydrogen-bond acceptors (Lipinski definition) is 3. The van der Waals surface area contributed by atoms with Gasteiger partial charge in [-0.25, -0.2) is 9.18 Å². The molecule has 1 heterocycles. The molecule has 1 aliphatic heterocycles. The van der Waals surface area contributed by atoms with Crippen LogP contribution in [0.4, 0.5) is 9.18 Å². The lowest BCUT2D eigenvalue weighted by Gasteiger charge is -2.20. The van der Waals surface area contributed by atoms with Crippen LogP contribution in [0.1, 0.15) is 11.6 Å². The molecule has 0 radical (unpaired) electrons. The largest absolute Gasteiger partial charge is 0.447 e. The van der Waals surface area contributed by atoms with Gasteiger partial charge in [0.15, 0.2) is 0 Å². The number of amides is 1. The van der Waals surface area contributed by atoms with Gasteiger partial charge in [-0.05, 0) is 17.7 Å². The zero-order valence-corrected chi connectivity index (χ0v) is 8.73. The lowest BCUT2D eigenvalue weighted by Crippen LogP contribution is -2.32. The number of carbonyl (C=O) groups is 1. The highest BCUT2D eigenvalue weighted by Crippen LogP contribution is 2.27. The van der Waals surface area contributed by atoms with Crippen molar-refractivity contribution in [3.8, 4) is 0 Å². The molecule has 0 spiro atoms. The van der Waals surface area contributed by atoms with Crippen molar-refractivity contribution in [3.05, 3.63) is 35.6 Å². The van der Waals surface area contributed by atoms with E-state index < -0.39 is 0 Å². The molecule has 4 nitrogen and oxygen atoms in total. The van der Waals surface area contributed by atoms with E-state index in [0.717, 1.165) is 5.56 Å². The van der Waals surface area contributed by atoms with Crippen LogP contribution in [-0.2, 0) is 4.74 Å². The highest BCUT2D eigenvalue weighted by atomic mass is 19.1. The van der Waals surface area contributed by atoms with E-state index in [9.17, 15) is 9.18 Å². The van der Waals surface area contributed by atoms with Crippen molar-refractivity contribution < 1.29 is 13.9 Å². The predicted octanol–water partition coefficient (Wildman–Crippen LogP) is 1.28. The quantitative estimate of drug-likeness (QED) is 0.841. The van der Waals surface area contributed by atoms with E-state index in [1.165, 1.54) is 12.1 Å². The van der Waals surface area contributed by atoms with Gasteiger partial charge in [-0.3, -0.25) is 4.90 Å². The van der Waals surface area contributed by atoms with Crippen LogP contribution in [0.25, 0.3) is 0 Å². The van der Waals surface area contributed by atoms with E-state index in [-0.39, 0.29) is 18.0 Å². The van der Waals surface area contributed by atoms with E-state index in [4.69, 9.17) is 10.5 Å². The summed E-state index contributed by atoms with van der Waals surface area (Å²) in [6.07, 6.45) is -0.361. The maximum absolute atomic E-state index is 12.8. The Morgan fingerprint density at radius 3 is 2.75 bits per heavy atom. The number of halogens is 1. The molecule has 1 amide bonds. The van der Waals surface area contributed by atoms with Gasteiger partial charge in [0.1, 0.15) is 12.4 Å². The molecule has 2 rings (SSSR count). The normalized spacial score (nSPS) is 20.0. The molecule has 1 aromatic carbocycles. The van der Waals surface area contributed by atoms with Crippen LogP contribution in [0.5, 0.6) is 0 Å². The Labute approximate surface area is 92.8 Å². The summed E-state index contributed by atoms with van der Waals surface area (Å²) in [5.74, 6) is -0.292. The summed E-state index contributed by atoms with van der Waals surface area (Å²) in [4.78, 5) is 13.0. The van der Waals surface area contributed by atoms with E-state index in [0.29, 0.717) is 19.7 Å². The second-order valence-corrected chi connectivity index (χ2v) is 3.63. The summed E-state index contributed by atoms with van der Waals surface area (Å²) in [5, 5.41) is 0. The molecule has 1 saturated heterocycles. The average Bonchev–Trinajstić information content (AvgIpc) is 2.63. The second kappa shape index (κ2) is 4.49. The molecule has 1 unspecified atom stereocenters. The molecule has 1 atom stereocenters. The Hall–Kier alpha value is -1.62. The maximum Gasteiger partial charge on any atom is 0.410 e. The first-order valence-electron chi connectivity index (χ1n) is 5.11. The molecule has 16 heavy (non-hydrogen) atoms. The Kier molecular flexibility index (Phi) is 3.05. The minimum absolute atomic E-state index is 0.156. The van der Waals surface area contributed by atoms with Crippen molar-refractivity contribution in [1.29, 1.82) is 0 Å². The van der Waals surface area contributed by atoms with Gasteiger partial charge >= 0.3 is 6.09 Å². The fourth-order valence-corrected chi connectivity index (χ4v) is 1.80. The van der Waals surface area contributed by atoms with Gasteiger partial charge in [-0.1, -0.05) is 12.1 Å². The highest BCUT2D eigenvalue weighted by Gasteiger charge is 2.33. The average molecular weight is 224 g/mol. The number of cyclic esters (lactones) is 1. The molecule has 0 bridgehead atoms. The molecule has 1 aromatic rings. The molecular formula is C11H13FN2O2. The van der Waals surface area contributed by atoms with Gasteiger partial charge in [-0.15, -0.1) is 0 Å². The van der Waals surface area contributed by atoms with E-state index in [2.05, 4.69) is 0 Å². The molecule has 1 fully saturated rings. The fourth-order valence-electron chi connectivity index (χ4n) is 1.80. The molecule has 86 valence electrons. The minimum atomic E-state index is -0.361. The highest BCUT2D eigenvalue weighted by molar-refractivity contribution is 5.70. The van der Waals surface area contributed by atoms with Gasteiger partial charge in [0.2, 0.25) is 0 Å². The number of nitrogens with zero attached hydrogens (tertiary/aromatic N) is 1. The molecule has 2 N–H and O–H groups in total. The third-order valence-corrected chi connectivity index (χ3v) is 2.60. The number of carbonyl (C=O) groups excluding carboxylic acids is 1. The molecule has 0 aromatic heterocycles. The minimum Gasteiger partial charge on any atom is -0.447 e. The number of nitrogens with two attached hydrogens (primary N) is 1. The van der Waals surface area contributed by atoms with Crippen LogP contribution in [0.2, 0.25) is 0 Å². The first-order valence-corrected chi connectivity index (χ1v) is 5.11. The van der Waals surface area contributed by atoms with Gasteiger partial charge in [0.25, 0.3) is 0 Å². The molecule has 5 heteroatoms. The summed E-state index contributed by atoms with van der Waals surface area (Å²) in [7, 11) is 0. The summed E-state index contributed by atoms with van der Waals surface area (Å²) >= 11 is 0. The molecular weight excluding hydrogens is 211 g/mol. The predicted molar refractivity (Wildman–Crippen MR) is 56.2 cm³/mol. The van der Waals surface area contributed by atoms with Crippen molar-refractivity contribution in [2.45, 2.75) is 6.04 Å². The number of hydrogen-bond donors (Lipinski definition) is 1. The maximum atomic E-state index is 12.8. The first-order chi connectivity index (χ1) is 7.72. The zero-order chi connectivity index (χ0) is 11.5. The Balaban J connectivity index is 2.19. The van der Waals surface area contributed by atoms with Crippen molar-refractivity contribution in [2.24, 2.45) is 5.73 Å². The van der Waals surface area contributed by atoms with Crippen LogP contribution >= 0.6 is 0 Å². The Morgan fingerprint density at radius 2 is 2.12 bits per heavy atom. The Morgan fingerprint density at radius 1 is 1.44 bits per heavy atom. The number of benzene rings is 1. The van der Waals surface area contributed by atoms with Gasteiger partial charge < -0.3 is 10.5 Å². The second-order valence-electron chi connectivity index (χ2n) is 3.63. The summed E-state index contributed by atoms with van der Waals surface area (Å²) in [6.45, 7) is 1.12. The third-order valence-electron chi connectivity index (χ3n) is 2.60. The van der Waals surface area contributed by atoms with Crippen LogP contribution < -0.4 is 5.73 Å². The number of ether oxygens (including phenoxy) is 1. The smallest absolute Gasteiger partial charge is 0.410 e. The van der Waals surface area contributed by atoms with Crippen molar-refractivity contribution in [1.82, 2.24) is 4.90 Å². The van der Waals surface area contributed by atoms with Crippen LogP contribution in [0.15, 0.2) is 24.3 Å².